The normalized spacial score (nSPS) is 11.7. The maximum Gasteiger partial charge on any atom is 0.167 e. The Labute approximate surface area is 151 Å². The van der Waals surface area contributed by atoms with Crippen LogP contribution >= 0.6 is 12.4 Å². The third-order valence-corrected chi connectivity index (χ3v) is 3.88. The molecule has 0 heterocycles. The number of ketones is 1. The summed E-state index contributed by atoms with van der Waals surface area (Å²) in [7, 11) is 5.62. The summed E-state index contributed by atoms with van der Waals surface area (Å²) in [6, 6.07) is 15.8. The number of aryl methyl sites for hydroxylation is 1. The fraction of sp³-hybridized carbons (Fsp3) is 0.350. The number of benzene rings is 2. The molecule has 0 aliphatic rings. The van der Waals surface area contributed by atoms with Crippen LogP contribution in [0.2, 0.25) is 0 Å². The van der Waals surface area contributed by atoms with Gasteiger partial charge >= 0.3 is 0 Å². The topological polar surface area (TPSA) is 29.5 Å². The van der Waals surface area contributed by atoms with Gasteiger partial charge in [0.25, 0.3) is 0 Å². The number of hydrogen-bond donors (Lipinski definition) is 0. The average Bonchev–Trinajstić information content (AvgIpc) is 2.53. The van der Waals surface area contributed by atoms with E-state index >= 15 is 0 Å². The summed E-state index contributed by atoms with van der Waals surface area (Å²) in [6.07, 6.45) is 0.746. The Morgan fingerprint density at radius 1 is 1.12 bits per heavy atom. The first kappa shape index (κ1) is 20.2. The molecule has 0 saturated carbocycles. The number of methoxy groups -OCH3 is 1. The van der Waals surface area contributed by atoms with Crippen molar-refractivity contribution in [3.8, 4) is 5.75 Å². The van der Waals surface area contributed by atoms with E-state index in [9.17, 15) is 4.79 Å². The molecular weight excluding hydrogens is 322 g/mol. The second kappa shape index (κ2) is 9.45. The zero-order valence-corrected chi connectivity index (χ0v) is 15.6. The molecule has 0 spiro atoms. The first-order chi connectivity index (χ1) is 11.0. The minimum absolute atomic E-state index is 0. The number of carbonyl (C=O) groups is 1. The van der Waals surface area contributed by atoms with E-state index in [1.54, 1.807) is 7.11 Å². The lowest BCUT2D eigenvalue weighted by molar-refractivity contribution is 0.0896. The molecule has 0 bridgehead atoms. The Kier molecular flexibility index (Phi) is 7.96. The maximum absolute atomic E-state index is 13.0. The standard InChI is InChI=1S/C20H25NO2.ClH/c1-15-7-5-8-16(11-15)12-18(14-21(2)3)20(22)17-9-6-10-19(13-17)23-4;/h5-11,13,18H,12,14H2,1-4H3;1H. The van der Waals surface area contributed by atoms with Crippen LogP contribution in [0.4, 0.5) is 0 Å². The van der Waals surface area contributed by atoms with Crippen LogP contribution in [-0.2, 0) is 6.42 Å². The fourth-order valence-electron chi connectivity index (χ4n) is 2.82. The Hall–Kier alpha value is -1.84. The summed E-state index contributed by atoms with van der Waals surface area (Å²) in [6.45, 7) is 2.80. The van der Waals surface area contributed by atoms with Gasteiger partial charge in [0.2, 0.25) is 0 Å². The largest absolute Gasteiger partial charge is 0.497 e. The number of nitrogens with zero attached hydrogens (tertiary/aromatic N) is 1. The molecule has 2 aromatic rings. The van der Waals surface area contributed by atoms with E-state index in [0.717, 1.165) is 18.7 Å². The minimum atomic E-state index is -0.0705. The minimum Gasteiger partial charge on any atom is -0.497 e. The molecule has 0 radical (unpaired) electrons. The summed E-state index contributed by atoms with van der Waals surface area (Å²) in [5.74, 6) is 0.813. The Morgan fingerprint density at radius 3 is 2.46 bits per heavy atom. The van der Waals surface area contributed by atoms with Crippen LogP contribution in [0.1, 0.15) is 21.5 Å². The molecule has 2 aromatic carbocycles. The van der Waals surface area contributed by atoms with Gasteiger partial charge in [0, 0.05) is 18.0 Å². The van der Waals surface area contributed by atoms with Gasteiger partial charge < -0.3 is 9.64 Å². The van der Waals surface area contributed by atoms with Crippen molar-refractivity contribution in [2.45, 2.75) is 13.3 Å². The van der Waals surface area contributed by atoms with Crippen molar-refractivity contribution in [2.75, 3.05) is 27.7 Å². The highest BCUT2D eigenvalue weighted by atomic mass is 35.5. The molecule has 1 unspecified atom stereocenters. The molecule has 4 heteroatoms. The van der Waals surface area contributed by atoms with Gasteiger partial charge in [0.15, 0.2) is 5.78 Å². The maximum atomic E-state index is 13.0. The van der Waals surface area contributed by atoms with Crippen LogP contribution < -0.4 is 4.74 Å². The second-order valence-corrected chi connectivity index (χ2v) is 6.25. The average molecular weight is 348 g/mol. The quantitative estimate of drug-likeness (QED) is 0.708. The lowest BCUT2D eigenvalue weighted by atomic mass is 9.90. The van der Waals surface area contributed by atoms with Crippen molar-refractivity contribution in [3.63, 3.8) is 0 Å². The Morgan fingerprint density at radius 2 is 1.83 bits per heavy atom. The zero-order valence-electron chi connectivity index (χ0n) is 14.8. The van der Waals surface area contributed by atoms with Gasteiger partial charge in [0.05, 0.1) is 7.11 Å². The second-order valence-electron chi connectivity index (χ2n) is 6.25. The molecule has 3 nitrogen and oxygen atoms in total. The van der Waals surface area contributed by atoms with Crippen molar-refractivity contribution >= 4 is 18.2 Å². The molecule has 2 rings (SSSR count). The van der Waals surface area contributed by atoms with Crippen LogP contribution in [0, 0.1) is 12.8 Å². The Balaban J connectivity index is 0.00000288. The summed E-state index contributed by atoms with van der Waals surface area (Å²) in [4.78, 5) is 15.0. The van der Waals surface area contributed by atoms with Gasteiger partial charge in [-0.1, -0.05) is 42.0 Å². The molecule has 0 aromatic heterocycles. The first-order valence-electron chi connectivity index (χ1n) is 7.88. The molecule has 0 aliphatic heterocycles. The van der Waals surface area contributed by atoms with Crippen molar-refractivity contribution in [1.82, 2.24) is 4.90 Å². The molecule has 0 N–H and O–H groups in total. The van der Waals surface area contributed by atoms with E-state index in [1.165, 1.54) is 11.1 Å². The van der Waals surface area contributed by atoms with Crippen LogP contribution in [0.3, 0.4) is 0 Å². The van der Waals surface area contributed by atoms with E-state index in [0.29, 0.717) is 5.56 Å². The van der Waals surface area contributed by atoms with Crippen LogP contribution in [0.5, 0.6) is 5.75 Å². The fourth-order valence-corrected chi connectivity index (χ4v) is 2.82. The van der Waals surface area contributed by atoms with Crippen LogP contribution in [0.15, 0.2) is 48.5 Å². The van der Waals surface area contributed by atoms with E-state index in [1.807, 2.05) is 44.4 Å². The zero-order chi connectivity index (χ0) is 16.8. The van der Waals surface area contributed by atoms with E-state index < -0.39 is 0 Å². The van der Waals surface area contributed by atoms with E-state index in [2.05, 4.69) is 30.0 Å². The summed E-state index contributed by atoms with van der Waals surface area (Å²) in [5.41, 5.74) is 3.14. The number of ether oxygens (including phenoxy) is 1. The van der Waals surface area contributed by atoms with Crippen LogP contribution in [-0.4, -0.2) is 38.4 Å². The monoisotopic (exact) mass is 347 g/mol. The number of halogens is 1. The van der Waals surface area contributed by atoms with Crippen molar-refractivity contribution in [2.24, 2.45) is 5.92 Å². The SMILES string of the molecule is COc1cccc(C(=O)C(Cc2cccc(C)c2)CN(C)C)c1.Cl. The van der Waals surface area contributed by atoms with Crippen molar-refractivity contribution in [3.05, 3.63) is 65.2 Å². The highest BCUT2D eigenvalue weighted by Crippen LogP contribution is 2.20. The third-order valence-electron chi connectivity index (χ3n) is 3.88. The van der Waals surface area contributed by atoms with Gasteiger partial charge in [0.1, 0.15) is 5.75 Å². The molecule has 24 heavy (non-hydrogen) atoms. The van der Waals surface area contributed by atoms with Gasteiger partial charge in [-0.05, 0) is 45.1 Å². The van der Waals surface area contributed by atoms with Crippen molar-refractivity contribution in [1.29, 1.82) is 0 Å². The van der Waals surface area contributed by atoms with Crippen LogP contribution in [0.25, 0.3) is 0 Å². The van der Waals surface area contributed by atoms with Gasteiger partial charge in [-0.2, -0.15) is 0 Å². The molecule has 0 aliphatic carbocycles. The predicted octanol–water partition coefficient (Wildman–Crippen LogP) is 4.03. The smallest absolute Gasteiger partial charge is 0.167 e. The predicted molar refractivity (Wildman–Crippen MR) is 101 cm³/mol. The van der Waals surface area contributed by atoms with E-state index in [4.69, 9.17) is 4.74 Å². The summed E-state index contributed by atoms with van der Waals surface area (Å²) in [5, 5.41) is 0. The lowest BCUT2D eigenvalue weighted by Gasteiger charge is -2.20. The summed E-state index contributed by atoms with van der Waals surface area (Å²) < 4.78 is 5.24. The first-order valence-corrected chi connectivity index (χ1v) is 7.88. The lowest BCUT2D eigenvalue weighted by Crippen LogP contribution is -2.29. The highest BCUT2D eigenvalue weighted by molar-refractivity contribution is 5.98. The number of Topliss-reactive ketones (excluding diaryl/α,β-unsaturated/α-hetero) is 1. The third kappa shape index (κ3) is 5.66. The van der Waals surface area contributed by atoms with Gasteiger partial charge in [-0.15, -0.1) is 12.4 Å². The molecule has 130 valence electrons. The molecule has 0 saturated heterocycles. The number of hydrogen-bond acceptors (Lipinski definition) is 3. The number of rotatable bonds is 7. The van der Waals surface area contributed by atoms with Crippen molar-refractivity contribution < 1.29 is 9.53 Å². The number of carbonyl (C=O) groups excluding carboxylic acids is 1. The molecule has 0 fully saturated rings. The molecule has 1 atom stereocenters. The highest BCUT2D eigenvalue weighted by Gasteiger charge is 2.21. The summed E-state index contributed by atoms with van der Waals surface area (Å²) >= 11 is 0. The van der Waals surface area contributed by atoms with Gasteiger partial charge in [-0.3, -0.25) is 4.79 Å². The Bertz CT molecular complexity index is 670. The van der Waals surface area contributed by atoms with E-state index in [-0.39, 0.29) is 24.1 Å². The van der Waals surface area contributed by atoms with Gasteiger partial charge in [-0.25, -0.2) is 0 Å². The molecular formula is C20H26ClNO2. The molecule has 0 amide bonds.